The number of hydrogen-bond acceptors (Lipinski definition) is 4. The standard InChI is InChI=1S/C16H25N3O4/c1-6-8-17-12(20)18(9-15(3,4)7-2)14(22)19(13(17)21)10-16(5)11-23-16/h6H,1,7-11H2,2-5H3. The lowest BCUT2D eigenvalue weighted by Gasteiger charge is -2.24. The van der Waals surface area contributed by atoms with E-state index in [1.807, 2.05) is 27.7 Å². The van der Waals surface area contributed by atoms with E-state index in [-0.39, 0.29) is 25.0 Å². The molecule has 1 saturated heterocycles. The quantitative estimate of drug-likeness (QED) is 0.543. The van der Waals surface area contributed by atoms with E-state index >= 15 is 0 Å². The van der Waals surface area contributed by atoms with Crippen LogP contribution in [-0.2, 0) is 24.4 Å². The second-order valence-corrected chi connectivity index (χ2v) is 7.18. The van der Waals surface area contributed by atoms with Gasteiger partial charge in [-0.25, -0.2) is 28.1 Å². The number of hydrogen-bond donors (Lipinski definition) is 0. The zero-order chi connectivity index (χ0) is 17.4. The third-order valence-corrected chi connectivity index (χ3v) is 4.37. The first-order valence-electron chi connectivity index (χ1n) is 7.83. The molecule has 7 nitrogen and oxygen atoms in total. The Hall–Kier alpha value is -1.89. The molecule has 1 aromatic rings. The Morgan fingerprint density at radius 1 is 1.17 bits per heavy atom. The largest absolute Gasteiger partial charge is 0.368 e. The molecule has 0 spiro atoms. The topological polar surface area (TPSA) is 78.5 Å². The van der Waals surface area contributed by atoms with Gasteiger partial charge in [-0.3, -0.25) is 0 Å². The van der Waals surface area contributed by atoms with Crippen LogP contribution in [0.2, 0.25) is 0 Å². The first-order chi connectivity index (χ1) is 10.6. The summed E-state index contributed by atoms with van der Waals surface area (Å²) in [6.07, 6.45) is 2.28. The maximum absolute atomic E-state index is 12.7. The minimum absolute atomic E-state index is 0.0715. The maximum Gasteiger partial charge on any atom is 0.336 e. The van der Waals surface area contributed by atoms with Crippen molar-refractivity contribution >= 4 is 0 Å². The van der Waals surface area contributed by atoms with Crippen molar-refractivity contribution in [3.8, 4) is 0 Å². The summed E-state index contributed by atoms with van der Waals surface area (Å²) in [7, 11) is 0. The van der Waals surface area contributed by atoms with Gasteiger partial charge in [0.15, 0.2) is 0 Å². The molecule has 7 heteroatoms. The lowest BCUT2D eigenvalue weighted by molar-refractivity contribution is 0.254. The van der Waals surface area contributed by atoms with Gasteiger partial charge in [0.2, 0.25) is 0 Å². The molecule has 1 aliphatic heterocycles. The van der Waals surface area contributed by atoms with Gasteiger partial charge >= 0.3 is 17.1 Å². The summed E-state index contributed by atoms with van der Waals surface area (Å²) >= 11 is 0. The van der Waals surface area contributed by atoms with Crippen molar-refractivity contribution in [2.24, 2.45) is 5.41 Å². The van der Waals surface area contributed by atoms with E-state index in [9.17, 15) is 14.4 Å². The fourth-order valence-electron chi connectivity index (χ4n) is 2.33. The number of ether oxygens (including phenoxy) is 1. The van der Waals surface area contributed by atoms with Gasteiger partial charge < -0.3 is 4.74 Å². The fraction of sp³-hybridized carbons (Fsp3) is 0.688. The van der Waals surface area contributed by atoms with Crippen molar-refractivity contribution in [3.63, 3.8) is 0 Å². The molecule has 23 heavy (non-hydrogen) atoms. The Labute approximate surface area is 134 Å². The first kappa shape index (κ1) is 17.5. The molecule has 1 fully saturated rings. The molecule has 0 bridgehead atoms. The number of epoxide rings is 1. The van der Waals surface area contributed by atoms with Gasteiger partial charge in [0.05, 0.1) is 19.7 Å². The second kappa shape index (κ2) is 5.96. The van der Waals surface area contributed by atoms with E-state index in [4.69, 9.17) is 4.74 Å². The molecule has 1 atom stereocenters. The molecule has 2 rings (SSSR count). The third kappa shape index (κ3) is 3.55. The number of rotatable bonds is 7. The van der Waals surface area contributed by atoms with Gasteiger partial charge in [-0.05, 0) is 18.8 Å². The highest BCUT2D eigenvalue weighted by atomic mass is 16.6. The Kier molecular flexibility index (Phi) is 4.52. The molecule has 0 aromatic carbocycles. The molecule has 0 aliphatic carbocycles. The summed E-state index contributed by atoms with van der Waals surface area (Å²) in [5.74, 6) is 0. The number of nitrogens with zero attached hydrogens (tertiary/aromatic N) is 3. The Balaban J connectivity index is 2.65. The van der Waals surface area contributed by atoms with Crippen LogP contribution in [0.15, 0.2) is 27.0 Å². The molecule has 0 amide bonds. The van der Waals surface area contributed by atoms with Crippen LogP contribution in [0.1, 0.15) is 34.1 Å². The molecule has 0 saturated carbocycles. The SMILES string of the molecule is C=CCn1c(=O)n(CC(C)(C)CC)c(=O)n(CC2(C)CO2)c1=O. The summed E-state index contributed by atoms with van der Waals surface area (Å²) in [5.41, 5.74) is -2.49. The minimum Gasteiger partial charge on any atom is -0.368 e. The lowest BCUT2D eigenvalue weighted by atomic mass is 9.90. The van der Waals surface area contributed by atoms with Gasteiger partial charge in [-0.2, -0.15) is 0 Å². The monoisotopic (exact) mass is 323 g/mol. The molecule has 1 unspecified atom stereocenters. The second-order valence-electron chi connectivity index (χ2n) is 7.18. The molecule has 2 heterocycles. The van der Waals surface area contributed by atoms with Crippen molar-refractivity contribution in [2.45, 2.75) is 59.4 Å². The van der Waals surface area contributed by atoms with Crippen LogP contribution >= 0.6 is 0 Å². The zero-order valence-corrected chi connectivity index (χ0v) is 14.3. The highest BCUT2D eigenvalue weighted by molar-refractivity contribution is 4.91. The van der Waals surface area contributed by atoms with E-state index in [0.29, 0.717) is 6.61 Å². The van der Waals surface area contributed by atoms with Crippen molar-refractivity contribution in [1.29, 1.82) is 0 Å². The highest BCUT2D eigenvalue weighted by Gasteiger charge is 2.41. The third-order valence-electron chi connectivity index (χ3n) is 4.37. The van der Waals surface area contributed by atoms with Gasteiger partial charge in [-0.1, -0.05) is 26.8 Å². The highest BCUT2D eigenvalue weighted by Crippen LogP contribution is 2.26. The molecule has 1 aromatic heterocycles. The van der Waals surface area contributed by atoms with Crippen LogP contribution in [0, 0.1) is 5.41 Å². The van der Waals surface area contributed by atoms with Crippen molar-refractivity contribution in [2.75, 3.05) is 6.61 Å². The summed E-state index contributed by atoms with van der Waals surface area (Å²) < 4.78 is 8.59. The Bertz CT molecular complexity index is 778. The van der Waals surface area contributed by atoms with Crippen molar-refractivity contribution < 1.29 is 4.74 Å². The molecule has 0 radical (unpaired) electrons. The van der Waals surface area contributed by atoms with Crippen molar-refractivity contribution in [1.82, 2.24) is 13.7 Å². The van der Waals surface area contributed by atoms with Gasteiger partial charge in [0.1, 0.15) is 5.60 Å². The van der Waals surface area contributed by atoms with Crippen LogP contribution in [0.4, 0.5) is 0 Å². The summed E-state index contributed by atoms with van der Waals surface area (Å²) in [6.45, 7) is 12.4. The van der Waals surface area contributed by atoms with Gasteiger partial charge in [-0.15, -0.1) is 6.58 Å². The maximum atomic E-state index is 12.7. The zero-order valence-electron chi connectivity index (χ0n) is 14.3. The lowest BCUT2D eigenvalue weighted by Crippen LogP contribution is -2.56. The van der Waals surface area contributed by atoms with E-state index in [2.05, 4.69) is 6.58 Å². The predicted molar refractivity (Wildman–Crippen MR) is 87.8 cm³/mol. The van der Waals surface area contributed by atoms with Crippen molar-refractivity contribution in [3.05, 3.63) is 44.1 Å². The van der Waals surface area contributed by atoms with Crippen LogP contribution < -0.4 is 17.1 Å². The molecule has 1 aliphatic rings. The summed E-state index contributed by atoms with van der Waals surface area (Å²) in [4.78, 5) is 37.8. The normalized spacial score (nSPS) is 20.5. The van der Waals surface area contributed by atoms with Gasteiger partial charge in [0.25, 0.3) is 0 Å². The number of allylic oxidation sites excluding steroid dienone is 1. The number of aromatic nitrogens is 3. The molecular formula is C16H25N3O4. The van der Waals surface area contributed by atoms with E-state index < -0.39 is 22.7 Å². The minimum atomic E-state index is -0.609. The smallest absolute Gasteiger partial charge is 0.336 e. The van der Waals surface area contributed by atoms with E-state index in [0.717, 1.165) is 20.1 Å². The first-order valence-corrected chi connectivity index (χ1v) is 7.83. The van der Waals surface area contributed by atoms with Gasteiger partial charge in [0, 0.05) is 6.54 Å². The summed E-state index contributed by atoms with van der Waals surface area (Å²) in [5, 5.41) is 0. The van der Waals surface area contributed by atoms with E-state index in [1.54, 1.807) is 0 Å². The van der Waals surface area contributed by atoms with Crippen LogP contribution in [0.5, 0.6) is 0 Å². The fourth-order valence-corrected chi connectivity index (χ4v) is 2.33. The molecule has 128 valence electrons. The molecular weight excluding hydrogens is 298 g/mol. The predicted octanol–water partition coefficient (Wildman–Crippen LogP) is 0.583. The Morgan fingerprint density at radius 3 is 2.17 bits per heavy atom. The van der Waals surface area contributed by atoms with E-state index in [1.165, 1.54) is 6.08 Å². The Morgan fingerprint density at radius 2 is 1.70 bits per heavy atom. The molecule has 0 N–H and O–H groups in total. The summed E-state index contributed by atoms with van der Waals surface area (Å²) in [6, 6.07) is 0. The average Bonchev–Trinajstić information content (AvgIpc) is 3.22. The van der Waals surface area contributed by atoms with Crippen LogP contribution in [-0.4, -0.2) is 25.9 Å². The average molecular weight is 323 g/mol. The van der Waals surface area contributed by atoms with Crippen LogP contribution in [0.3, 0.4) is 0 Å². The van der Waals surface area contributed by atoms with Crippen LogP contribution in [0.25, 0.3) is 0 Å².